The molecule has 0 fully saturated rings. The number of hydrogen-bond donors (Lipinski definition) is 0. The summed E-state index contributed by atoms with van der Waals surface area (Å²) < 4.78 is 42.7. The highest BCUT2D eigenvalue weighted by atomic mass is 19.4. The van der Waals surface area contributed by atoms with Gasteiger partial charge in [0.1, 0.15) is 5.75 Å². The van der Waals surface area contributed by atoms with Crippen molar-refractivity contribution in [2.75, 3.05) is 7.11 Å². The van der Waals surface area contributed by atoms with Crippen LogP contribution in [0, 0.1) is 0 Å². The standard InChI is InChI=1S/C11H10F3NO2/c1-7(15-6-16)8-3-4-10(17-2)9(5-8)11(12,13)14/h3-5,7H,1-2H3. The van der Waals surface area contributed by atoms with E-state index in [0.29, 0.717) is 0 Å². The highest BCUT2D eigenvalue weighted by Crippen LogP contribution is 2.37. The summed E-state index contributed by atoms with van der Waals surface area (Å²) in [5.41, 5.74) is -0.605. The summed E-state index contributed by atoms with van der Waals surface area (Å²) in [4.78, 5) is 13.4. The van der Waals surface area contributed by atoms with Crippen LogP contribution in [0.3, 0.4) is 0 Å². The molecule has 0 aliphatic carbocycles. The fourth-order valence-electron chi connectivity index (χ4n) is 1.36. The average Bonchev–Trinajstić information content (AvgIpc) is 2.27. The Morgan fingerprint density at radius 3 is 2.53 bits per heavy atom. The Balaban J connectivity index is 3.27. The lowest BCUT2D eigenvalue weighted by molar-refractivity contribution is -0.138. The minimum absolute atomic E-state index is 0.261. The summed E-state index contributed by atoms with van der Waals surface area (Å²) in [5, 5.41) is 0. The predicted molar refractivity (Wildman–Crippen MR) is 54.5 cm³/mol. The Bertz CT molecular complexity index is 451. The third-order valence-corrected chi connectivity index (χ3v) is 2.26. The second-order valence-electron chi connectivity index (χ2n) is 3.35. The first kappa shape index (κ1) is 13.3. The Labute approximate surface area is 95.9 Å². The van der Waals surface area contributed by atoms with Gasteiger partial charge in [-0.05, 0) is 24.6 Å². The van der Waals surface area contributed by atoms with Gasteiger partial charge in [-0.2, -0.15) is 18.2 Å². The lowest BCUT2D eigenvalue weighted by Gasteiger charge is -2.14. The van der Waals surface area contributed by atoms with Crippen molar-refractivity contribution in [1.29, 1.82) is 0 Å². The topological polar surface area (TPSA) is 38.7 Å². The maximum atomic E-state index is 12.7. The van der Waals surface area contributed by atoms with Gasteiger partial charge in [0.15, 0.2) is 0 Å². The van der Waals surface area contributed by atoms with Crippen molar-refractivity contribution < 1.29 is 22.7 Å². The molecule has 0 N–H and O–H groups in total. The largest absolute Gasteiger partial charge is 0.496 e. The van der Waals surface area contributed by atoms with Crippen molar-refractivity contribution in [1.82, 2.24) is 0 Å². The van der Waals surface area contributed by atoms with Crippen LogP contribution < -0.4 is 4.74 Å². The number of ether oxygens (including phenoxy) is 1. The zero-order chi connectivity index (χ0) is 13.1. The van der Waals surface area contributed by atoms with Crippen LogP contribution in [0.2, 0.25) is 0 Å². The molecular weight excluding hydrogens is 235 g/mol. The Morgan fingerprint density at radius 2 is 2.06 bits per heavy atom. The molecule has 0 saturated carbocycles. The number of carbonyl (C=O) groups excluding carboxylic acids is 1. The number of isocyanates is 1. The van der Waals surface area contributed by atoms with Gasteiger partial charge in [-0.1, -0.05) is 6.07 Å². The SMILES string of the molecule is COc1ccc(C(C)N=C=O)cc1C(F)(F)F. The minimum atomic E-state index is -4.51. The highest BCUT2D eigenvalue weighted by molar-refractivity contribution is 5.42. The fourth-order valence-corrected chi connectivity index (χ4v) is 1.36. The third-order valence-electron chi connectivity index (χ3n) is 2.26. The smallest absolute Gasteiger partial charge is 0.419 e. The van der Waals surface area contributed by atoms with Gasteiger partial charge < -0.3 is 4.74 Å². The predicted octanol–water partition coefficient (Wildman–Crippen LogP) is 3.11. The molecule has 0 radical (unpaired) electrons. The molecule has 1 rings (SSSR count). The molecule has 0 amide bonds. The number of hydrogen-bond acceptors (Lipinski definition) is 3. The van der Waals surface area contributed by atoms with E-state index in [2.05, 4.69) is 9.73 Å². The second kappa shape index (κ2) is 5.01. The van der Waals surface area contributed by atoms with Crippen molar-refractivity contribution >= 4 is 6.08 Å². The van der Waals surface area contributed by atoms with Crippen LogP contribution in [-0.4, -0.2) is 13.2 Å². The maximum absolute atomic E-state index is 12.7. The van der Waals surface area contributed by atoms with E-state index in [1.807, 2.05) is 0 Å². The Morgan fingerprint density at radius 1 is 1.41 bits per heavy atom. The van der Waals surface area contributed by atoms with Crippen LogP contribution in [-0.2, 0) is 11.0 Å². The quantitative estimate of drug-likeness (QED) is 0.606. The molecule has 0 bridgehead atoms. The number of halogens is 3. The molecule has 1 unspecified atom stereocenters. The van der Waals surface area contributed by atoms with E-state index >= 15 is 0 Å². The molecule has 0 spiro atoms. The number of methoxy groups -OCH3 is 1. The van der Waals surface area contributed by atoms with Crippen LogP contribution in [0.15, 0.2) is 23.2 Å². The molecule has 0 aliphatic heterocycles. The number of aliphatic imine (C=N–C) groups is 1. The molecule has 1 aromatic carbocycles. The van der Waals surface area contributed by atoms with Gasteiger partial charge >= 0.3 is 6.18 Å². The molecular formula is C11H10F3NO2. The number of benzene rings is 1. The lowest BCUT2D eigenvalue weighted by atomic mass is 10.0. The van der Waals surface area contributed by atoms with E-state index in [4.69, 9.17) is 0 Å². The molecule has 0 aliphatic rings. The second-order valence-corrected chi connectivity index (χ2v) is 3.35. The minimum Gasteiger partial charge on any atom is -0.496 e. The van der Waals surface area contributed by atoms with Crippen LogP contribution in [0.5, 0.6) is 5.75 Å². The summed E-state index contributed by atoms with van der Waals surface area (Å²) in [6.45, 7) is 1.51. The van der Waals surface area contributed by atoms with Crippen molar-refractivity contribution in [2.45, 2.75) is 19.1 Å². The van der Waals surface area contributed by atoms with Crippen LogP contribution in [0.25, 0.3) is 0 Å². The fraction of sp³-hybridized carbons (Fsp3) is 0.364. The highest BCUT2D eigenvalue weighted by Gasteiger charge is 2.34. The molecule has 1 aromatic rings. The molecule has 3 nitrogen and oxygen atoms in total. The van der Waals surface area contributed by atoms with Gasteiger partial charge in [-0.3, -0.25) is 0 Å². The summed E-state index contributed by atoms with van der Waals surface area (Å²) in [6.07, 6.45) is -3.19. The number of alkyl halides is 3. The Hall–Kier alpha value is -1.81. The van der Waals surface area contributed by atoms with E-state index in [9.17, 15) is 18.0 Å². The molecule has 6 heteroatoms. The van der Waals surface area contributed by atoms with Gasteiger partial charge in [0.05, 0.1) is 18.7 Å². The first-order valence-electron chi connectivity index (χ1n) is 4.72. The van der Waals surface area contributed by atoms with Crippen molar-refractivity contribution in [3.05, 3.63) is 29.3 Å². The zero-order valence-corrected chi connectivity index (χ0v) is 9.21. The van der Waals surface area contributed by atoms with E-state index in [0.717, 1.165) is 13.2 Å². The molecule has 1 atom stereocenters. The first-order chi connectivity index (χ1) is 7.90. The van der Waals surface area contributed by atoms with Gasteiger partial charge in [0, 0.05) is 0 Å². The van der Waals surface area contributed by atoms with Crippen LogP contribution in [0.4, 0.5) is 13.2 Å². The number of rotatable bonds is 3. The van der Waals surface area contributed by atoms with Gasteiger partial charge in [-0.25, -0.2) is 4.79 Å². The Kier molecular flexibility index (Phi) is 3.91. The van der Waals surface area contributed by atoms with Crippen LogP contribution >= 0.6 is 0 Å². The van der Waals surface area contributed by atoms with Crippen molar-refractivity contribution in [2.24, 2.45) is 4.99 Å². The lowest BCUT2D eigenvalue weighted by Crippen LogP contribution is -2.08. The van der Waals surface area contributed by atoms with E-state index in [-0.39, 0.29) is 11.3 Å². The van der Waals surface area contributed by atoms with Crippen molar-refractivity contribution in [3.63, 3.8) is 0 Å². The maximum Gasteiger partial charge on any atom is 0.419 e. The monoisotopic (exact) mass is 245 g/mol. The van der Waals surface area contributed by atoms with E-state index in [1.54, 1.807) is 0 Å². The summed E-state index contributed by atoms with van der Waals surface area (Å²) >= 11 is 0. The van der Waals surface area contributed by atoms with E-state index in [1.165, 1.54) is 25.1 Å². The van der Waals surface area contributed by atoms with E-state index < -0.39 is 17.8 Å². The van der Waals surface area contributed by atoms with Crippen molar-refractivity contribution in [3.8, 4) is 5.75 Å². The molecule has 0 saturated heterocycles. The van der Waals surface area contributed by atoms with Gasteiger partial charge in [-0.15, -0.1) is 0 Å². The molecule has 0 aromatic heterocycles. The average molecular weight is 245 g/mol. The van der Waals surface area contributed by atoms with Gasteiger partial charge in [0.2, 0.25) is 6.08 Å². The summed E-state index contributed by atoms with van der Waals surface area (Å²) in [6, 6.07) is 2.89. The third kappa shape index (κ3) is 3.07. The van der Waals surface area contributed by atoms with Gasteiger partial charge in [0.25, 0.3) is 0 Å². The first-order valence-corrected chi connectivity index (χ1v) is 4.72. The normalized spacial score (nSPS) is 12.8. The molecule has 92 valence electrons. The summed E-state index contributed by atoms with van der Waals surface area (Å²) in [7, 11) is 1.16. The molecule has 17 heavy (non-hydrogen) atoms. The number of nitrogens with zero attached hydrogens (tertiary/aromatic N) is 1. The molecule has 0 heterocycles. The summed E-state index contributed by atoms with van der Waals surface area (Å²) in [5.74, 6) is -0.261. The zero-order valence-electron chi connectivity index (χ0n) is 9.21. The van der Waals surface area contributed by atoms with Crippen LogP contribution in [0.1, 0.15) is 24.1 Å².